The molecule has 0 spiro atoms. The number of halogens is 2. The van der Waals surface area contributed by atoms with Crippen molar-refractivity contribution in [2.45, 2.75) is 25.1 Å². The third-order valence-electron chi connectivity index (χ3n) is 5.10. The highest BCUT2D eigenvalue weighted by atomic mass is 19.2. The molecule has 3 aliphatic heterocycles. The molecule has 5 rings (SSSR count). The molecule has 3 atom stereocenters. The SMILES string of the molecule is COC1=NOC2C1=CC1C=C(F)C(F)=C3OC4=C(CCC(=O)C4=O)N2C31. The summed E-state index contributed by atoms with van der Waals surface area (Å²) in [4.78, 5) is 31.2. The summed E-state index contributed by atoms with van der Waals surface area (Å²) in [5.74, 6) is -4.68. The zero-order valence-electron chi connectivity index (χ0n) is 13.5. The fourth-order valence-electron chi connectivity index (χ4n) is 3.97. The van der Waals surface area contributed by atoms with Gasteiger partial charge in [-0.05, 0) is 17.7 Å². The Morgan fingerprint density at radius 3 is 2.85 bits per heavy atom. The first-order valence-electron chi connectivity index (χ1n) is 8.05. The van der Waals surface area contributed by atoms with E-state index in [0.717, 1.165) is 6.08 Å². The van der Waals surface area contributed by atoms with Gasteiger partial charge in [-0.2, -0.15) is 4.39 Å². The topological polar surface area (TPSA) is 77.4 Å². The number of allylic oxidation sites excluding steroid dienone is 4. The summed E-state index contributed by atoms with van der Waals surface area (Å²) in [7, 11) is 1.42. The summed E-state index contributed by atoms with van der Waals surface area (Å²) in [6.45, 7) is 0. The van der Waals surface area contributed by atoms with Crippen molar-refractivity contribution in [2.75, 3.05) is 7.11 Å². The molecule has 0 saturated carbocycles. The monoisotopic (exact) mass is 362 g/mol. The Hall–Kier alpha value is -2.97. The lowest BCUT2D eigenvalue weighted by Gasteiger charge is -2.49. The molecule has 0 aromatic carbocycles. The molecule has 26 heavy (non-hydrogen) atoms. The van der Waals surface area contributed by atoms with Gasteiger partial charge >= 0.3 is 0 Å². The smallest absolute Gasteiger partial charge is 0.265 e. The molecule has 0 aromatic heterocycles. The van der Waals surface area contributed by atoms with Gasteiger partial charge in [0, 0.05) is 12.3 Å². The molecule has 0 fully saturated rings. The van der Waals surface area contributed by atoms with Gasteiger partial charge in [-0.1, -0.05) is 6.08 Å². The highest BCUT2D eigenvalue weighted by molar-refractivity contribution is 6.43. The third-order valence-corrected chi connectivity index (χ3v) is 5.10. The van der Waals surface area contributed by atoms with E-state index >= 15 is 0 Å². The van der Waals surface area contributed by atoms with Crippen LogP contribution < -0.4 is 0 Å². The molecule has 134 valence electrons. The standard InChI is InChI=1S/C17H12F2N2O5/c1-24-16-7-4-6-5-8(18)11(19)15-12(6)21(17(7)26-20-16)9-2-3-10(22)13(23)14(9)25-15/h4-6,12,17H,2-3H2,1H3. The molecular formula is C17H12F2N2O5. The number of ketones is 2. The van der Waals surface area contributed by atoms with E-state index in [-0.39, 0.29) is 30.3 Å². The van der Waals surface area contributed by atoms with Crippen molar-refractivity contribution in [3.63, 3.8) is 0 Å². The number of oxime groups is 1. The molecule has 3 heterocycles. The van der Waals surface area contributed by atoms with Crippen LogP contribution in [0.4, 0.5) is 8.78 Å². The quantitative estimate of drug-likeness (QED) is 0.611. The maximum atomic E-state index is 14.4. The van der Waals surface area contributed by atoms with Gasteiger partial charge in [0.1, 0.15) is 6.04 Å². The Balaban J connectivity index is 1.73. The van der Waals surface area contributed by atoms with Crippen LogP contribution in [-0.4, -0.2) is 41.7 Å². The van der Waals surface area contributed by atoms with Gasteiger partial charge in [0.25, 0.3) is 11.7 Å². The largest absolute Gasteiger partial charge is 0.479 e. The summed E-state index contributed by atoms with van der Waals surface area (Å²) in [6, 6.07) is -0.727. The number of hydrogen-bond donors (Lipinski definition) is 0. The zero-order chi connectivity index (χ0) is 18.2. The number of hydrogen-bond acceptors (Lipinski definition) is 7. The van der Waals surface area contributed by atoms with Gasteiger partial charge in [-0.15, -0.1) is 0 Å². The van der Waals surface area contributed by atoms with Crippen molar-refractivity contribution in [1.29, 1.82) is 0 Å². The van der Waals surface area contributed by atoms with Crippen molar-refractivity contribution in [3.05, 3.63) is 46.6 Å². The third kappa shape index (κ3) is 1.77. The van der Waals surface area contributed by atoms with E-state index in [1.807, 2.05) is 0 Å². The lowest BCUT2D eigenvalue weighted by molar-refractivity contribution is -0.138. The van der Waals surface area contributed by atoms with E-state index in [4.69, 9.17) is 14.3 Å². The first kappa shape index (κ1) is 15.3. The Morgan fingerprint density at radius 2 is 2.08 bits per heavy atom. The van der Waals surface area contributed by atoms with Gasteiger partial charge in [0.15, 0.2) is 23.2 Å². The molecule has 5 aliphatic rings. The van der Waals surface area contributed by atoms with Crippen LogP contribution >= 0.6 is 0 Å². The molecule has 9 heteroatoms. The van der Waals surface area contributed by atoms with Crippen molar-refractivity contribution in [2.24, 2.45) is 11.1 Å². The highest BCUT2D eigenvalue weighted by Crippen LogP contribution is 2.49. The first-order chi connectivity index (χ1) is 12.5. The Bertz CT molecular complexity index is 929. The Kier molecular flexibility index (Phi) is 2.96. The summed E-state index contributed by atoms with van der Waals surface area (Å²) in [5.41, 5.74) is 0.984. The molecule has 0 aromatic rings. The minimum Gasteiger partial charge on any atom is -0.479 e. The maximum Gasteiger partial charge on any atom is 0.265 e. The predicted molar refractivity (Wildman–Crippen MR) is 81.2 cm³/mol. The van der Waals surface area contributed by atoms with E-state index in [0.29, 0.717) is 11.3 Å². The van der Waals surface area contributed by atoms with Gasteiger partial charge in [-0.3, -0.25) is 9.59 Å². The Labute approximate surface area is 145 Å². The highest BCUT2D eigenvalue weighted by Gasteiger charge is 2.54. The second-order valence-electron chi connectivity index (χ2n) is 6.43. The molecular weight excluding hydrogens is 350 g/mol. The van der Waals surface area contributed by atoms with Gasteiger partial charge < -0.3 is 19.2 Å². The summed E-state index contributed by atoms with van der Waals surface area (Å²) in [6.07, 6.45) is 2.33. The number of rotatable bonds is 0. The van der Waals surface area contributed by atoms with E-state index in [9.17, 15) is 18.4 Å². The Morgan fingerprint density at radius 1 is 1.27 bits per heavy atom. The molecule has 3 unspecified atom stereocenters. The predicted octanol–water partition coefficient (Wildman–Crippen LogP) is 1.75. The normalized spacial score (nSPS) is 32.0. The van der Waals surface area contributed by atoms with Crippen LogP contribution in [0, 0.1) is 5.92 Å². The van der Waals surface area contributed by atoms with Gasteiger partial charge in [0.2, 0.25) is 12.0 Å². The number of ether oxygens (including phenoxy) is 2. The van der Waals surface area contributed by atoms with Crippen molar-refractivity contribution in [3.8, 4) is 0 Å². The molecule has 0 amide bonds. The number of nitrogens with zero attached hydrogens (tertiary/aromatic N) is 2. The van der Waals surface area contributed by atoms with Crippen LogP contribution in [0.5, 0.6) is 0 Å². The molecule has 0 saturated heterocycles. The van der Waals surface area contributed by atoms with E-state index in [1.165, 1.54) is 7.11 Å². The van der Waals surface area contributed by atoms with Gasteiger partial charge in [0.05, 0.1) is 18.4 Å². The molecule has 7 nitrogen and oxygen atoms in total. The lowest BCUT2D eigenvalue weighted by Crippen LogP contribution is -2.55. The fourth-order valence-corrected chi connectivity index (χ4v) is 3.97. The molecule has 2 aliphatic carbocycles. The van der Waals surface area contributed by atoms with Crippen LogP contribution in [-0.2, 0) is 23.9 Å². The van der Waals surface area contributed by atoms with Crippen LogP contribution in [0.3, 0.4) is 0 Å². The van der Waals surface area contributed by atoms with E-state index < -0.39 is 41.4 Å². The molecule has 0 radical (unpaired) electrons. The molecule has 0 bridgehead atoms. The lowest BCUT2D eigenvalue weighted by atomic mass is 9.82. The van der Waals surface area contributed by atoms with Crippen LogP contribution in [0.15, 0.2) is 51.7 Å². The van der Waals surface area contributed by atoms with Crippen molar-refractivity contribution in [1.82, 2.24) is 4.90 Å². The van der Waals surface area contributed by atoms with E-state index in [2.05, 4.69) is 5.16 Å². The number of fused-ring (bicyclic) bond motifs is 3. The molecule has 0 N–H and O–H groups in total. The second-order valence-corrected chi connectivity index (χ2v) is 6.43. The number of methoxy groups -OCH3 is 1. The summed E-state index contributed by atoms with van der Waals surface area (Å²) in [5, 5.41) is 3.86. The van der Waals surface area contributed by atoms with Crippen LogP contribution in [0.1, 0.15) is 12.8 Å². The number of carbonyl (C=O) groups is 2. The van der Waals surface area contributed by atoms with Gasteiger partial charge in [-0.25, -0.2) is 4.39 Å². The minimum absolute atomic E-state index is 0.0183. The fraction of sp³-hybridized carbons (Fsp3) is 0.353. The van der Waals surface area contributed by atoms with E-state index in [1.54, 1.807) is 11.0 Å². The second kappa shape index (κ2) is 5.03. The van der Waals surface area contributed by atoms with Crippen LogP contribution in [0.25, 0.3) is 0 Å². The summed E-state index contributed by atoms with van der Waals surface area (Å²) >= 11 is 0. The maximum absolute atomic E-state index is 14.4. The van der Waals surface area contributed by atoms with Crippen LogP contribution in [0.2, 0.25) is 0 Å². The average Bonchev–Trinajstić information content (AvgIpc) is 3.05. The first-order valence-corrected chi connectivity index (χ1v) is 8.05. The number of carbonyl (C=O) groups excluding carboxylic acids is 2. The zero-order valence-corrected chi connectivity index (χ0v) is 13.5. The van der Waals surface area contributed by atoms with Crippen molar-refractivity contribution < 1.29 is 32.7 Å². The minimum atomic E-state index is -1.18. The summed E-state index contributed by atoms with van der Waals surface area (Å²) < 4.78 is 39.2. The number of Topliss-reactive ketones (excluding diaryl/α,β-unsaturated/α-hetero) is 2. The average molecular weight is 362 g/mol. The van der Waals surface area contributed by atoms with Crippen molar-refractivity contribution >= 4 is 17.5 Å².